The summed E-state index contributed by atoms with van der Waals surface area (Å²) in [5.74, 6) is 2.49. The molecule has 0 fully saturated rings. The Morgan fingerprint density at radius 3 is 2.27 bits per heavy atom. The number of fused-ring (bicyclic) bond motifs is 1. The van der Waals surface area contributed by atoms with E-state index in [4.69, 9.17) is 14.2 Å². The molecule has 0 amide bonds. The van der Waals surface area contributed by atoms with E-state index in [0.29, 0.717) is 12.1 Å². The number of ether oxygens (including phenoxy) is 3. The topological polar surface area (TPSA) is 59.8 Å². The van der Waals surface area contributed by atoms with Gasteiger partial charge in [-0.1, -0.05) is 0 Å². The Balaban J connectivity index is 1.91. The van der Waals surface area contributed by atoms with Crippen molar-refractivity contribution in [2.45, 2.75) is 32.0 Å². The maximum Gasteiger partial charge on any atom is 0.166 e. The quantitative estimate of drug-likeness (QED) is 0.811. The lowest BCUT2D eigenvalue weighted by Gasteiger charge is -2.35. The van der Waals surface area contributed by atoms with Gasteiger partial charge in [-0.2, -0.15) is 0 Å². The predicted molar refractivity (Wildman–Crippen MR) is 101 cm³/mol. The van der Waals surface area contributed by atoms with Gasteiger partial charge in [0.25, 0.3) is 0 Å². The minimum absolute atomic E-state index is 0.292. The van der Waals surface area contributed by atoms with Gasteiger partial charge in [-0.15, -0.1) is 0 Å². The first-order valence-electron chi connectivity index (χ1n) is 9.12. The fraction of sp³-hybridized carbons (Fsp3) is 0.429. The van der Waals surface area contributed by atoms with E-state index in [1.54, 1.807) is 21.3 Å². The van der Waals surface area contributed by atoms with E-state index >= 15 is 0 Å². The highest BCUT2D eigenvalue weighted by Crippen LogP contribution is 2.34. The van der Waals surface area contributed by atoms with Gasteiger partial charge < -0.3 is 24.8 Å². The maximum atomic E-state index is 5.54. The third kappa shape index (κ3) is 3.64. The summed E-state index contributed by atoms with van der Waals surface area (Å²) < 4.78 is 16.3. The summed E-state index contributed by atoms with van der Waals surface area (Å²) in [7, 11) is 5.08. The second-order valence-electron chi connectivity index (χ2n) is 7.04. The summed E-state index contributed by atoms with van der Waals surface area (Å²) in [6.07, 6.45) is 1.03. The maximum absolute atomic E-state index is 5.54. The van der Waals surface area contributed by atoms with Crippen molar-refractivity contribution in [1.29, 1.82) is 0 Å². The van der Waals surface area contributed by atoms with Crippen LogP contribution in [0.3, 0.4) is 0 Å². The number of methoxy groups -OCH3 is 3. The first-order chi connectivity index (χ1) is 12.6. The molecular weight excluding hydrogens is 328 g/mol. The first-order valence-corrected chi connectivity index (χ1v) is 9.12. The Morgan fingerprint density at radius 1 is 1.04 bits per heavy atom. The molecule has 5 heteroatoms. The summed E-state index contributed by atoms with van der Waals surface area (Å²) >= 11 is 0. The van der Waals surface area contributed by atoms with Crippen LogP contribution in [0.25, 0.3) is 0 Å². The second kappa shape index (κ2) is 7.98. The molecule has 0 aromatic heterocycles. The lowest BCUT2D eigenvalue weighted by atomic mass is 9.88. The summed E-state index contributed by atoms with van der Waals surface area (Å²) in [6.45, 7) is 4.26. The first kappa shape index (κ1) is 18.5. The van der Waals surface area contributed by atoms with E-state index in [-0.39, 0.29) is 0 Å². The lowest BCUT2D eigenvalue weighted by molar-refractivity contribution is -0.957. The summed E-state index contributed by atoms with van der Waals surface area (Å²) in [5, 5.41) is 0. The number of hydrogen-bond acceptors (Lipinski definition) is 3. The van der Waals surface area contributed by atoms with E-state index in [2.05, 4.69) is 36.9 Å². The Hall–Kier alpha value is -2.24. The largest absolute Gasteiger partial charge is 0.497 e. The summed E-state index contributed by atoms with van der Waals surface area (Å²) in [6, 6.07) is 13.3. The molecule has 2 aromatic rings. The zero-order chi connectivity index (χ0) is 18.7. The van der Waals surface area contributed by atoms with Crippen LogP contribution in [0.15, 0.2) is 36.4 Å². The third-order valence-corrected chi connectivity index (χ3v) is 5.30. The molecule has 1 aliphatic rings. The Kier molecular flexibility index (Phi) is 5.69. The molecule has 2 aromatic carbocycles. The molecule has 0 saturated carbocycles. The van der Waals surface area contributed by atoms with Crippen LogP contribution in [0.2, 0.25) is 0 Å². The average Bonchev–Trinajstić information content (AvgIpc) is 2.66. The van der Waals surface area contributed by atoms with Crippen molar-refractivity contribution in [3.8, 4) is 17.2 Å². The van der Waals surface area contributed by atoms with Crippen LogP contribution >= 0.6 is 0 Å². The molecule has 0 aliphatic carbocycles. The molecule has 0 bridgehead atoms. The highest BCUT2D eigenvalue weighted by Gasteiger charge is 2.36. The second-order valence-corrected chi connectivity index (χ2v) is 7.04. The minimum Gasteiger partial charge on any atom is -0.497 e. The van der Waals surface area contributed by atoms with Crippen LogP contribution in [-0.2, 0) is 13.0 Å². The molecule has 4 N–H and O–H groups in total. The van der Waals surface area contributed by atoms with Crippen LogP contribution in [-0.4, -0.2) is 33.9 Å². The van der Waals surface area contributed by atoms with Gasteiger partial charge >= 0.3 is 0 Å². The normalized spacial score (nSPS) is 20.2. The van der Waals surface area contributed by atoms with Crippen LogP contribution in [0.1, 0.15) is 29.7 Å². The number of nitrogens with one attached hydrogen (secondary N) is 1. The van der Waals surface area contributed by atoms with E-state index in [1.807, 2.05) is 12.1 Å². The molecule has 0 radical (unpaired) electrons. The fourth-order valence-electron chi connectivity index (χ4n) is 4.03. The van der Waals surface area contributed by atoms with Crippen molar-refractivity contribution in [3.63, 3.8) is 0 Å². The number of rotatable bonds is 6. The van der Waals surface area contributed by atoms with E-state index < -0.39 is 0 Å². The van der Waals surface area contributed by atoms with E-state index in [0.717, 1.165) is 36.8 Å². The SMILES string of the molecule is COc1ccc(C[NH+]2CCc3cc(OC)c(OC)cc3[C@H]2[C@H](C)[NH3+])cc1. The van der Waals surface area contributed by atoms with Crippen LogP contribution in [0, 0.1) is 0 Å². The predicted octanol–water partition coefficient (Wildman–Crippen LogP) is 1.03. The smallest absolute Gasteiger partial charge is 0.166 e. The molecule has 0 saturated heterocycles. The van der Waals surface area contributed by atoms with Gasteiger partial charge in [-0.05, 0) is 48.9 Å². The Morgan fingerprint density at radius 2 is 1.69 bits per heavy atom. The van der Waals surface area contributed by atoms with Gasteiger partial charge in [0.2, 0.25) is 0 Å². The van der Waals surface area contributed by atoms with Gasteiger partial charge in [0.05, 0.1) is 27.9 Å². The van der Waals surface area contributed by atoms with Gasteiger partial charge in [-0.25, -0.2) is 0 Å². The van der Waals surface area contributed by atoms with Crippen molar-refractivity contribution >= 4 is 0 Å². The van der Waals surface area contributed by atoms with Gasteiger partial charge in [-0.3, -0.25) is 0 Å². The van der Waals surface area contributed by atoms with E-state index in [9.17, 15) is 0 Å². The number of quaternary nitrogens is 2. The van der Waals surface area contributed by atoms with Crippen LogP contribution in [0.4, 0.5) is 0 Å². The molecule has 26 heavy (non-hydrogen) atoms. The fourth-order valence-corrected chi connectivity index (χ4v) is 4.03. The Labute approximate surface area is 155 Å². The Bertz CT molecular complexity index is 744. The number of benzene rings is 2. The molecular formula is C21H30N2O3+2. The lowest BCUT2D eigenvalue weighted by Crippen LogP contribution is -3.14. The van der Waals surface area contributed by atoms with Crippen molar-refractivity contribution in [2.75, 3.05) is 27.9 Å². The van der Waals surface area contributed by atoms with Crippen molar-refractivity contribution in [1.82, 2.24) is 0 Å². The van der Waals surface area contributed by atoms with E-state index in [1.165, 1.54) is 21.6 Å². The molecule has 140 valence electrons. The van der Waals surface area contributed by atoms with Gasteiger partial charge in [0.1, 0.15) is 18.3 Å². The van der Waals surface area contributed by atoms with Gasteiger partial charge in [0, 0.05) is 17.5 Å². The third-order valence-electron chi connectivity index (χ3n) is 5.30. The molecule has 1 unspecified atom stereocenters. The molecule has 5 nitrogen and oxygen atoms in total. The zero-order valence-electron chi connectivity index (χ0n) is 16.2. The number of hydrogen-bond donors (Lipinski definition) is 2. The molecule has 3 rings (SSSR count). The average molecular weight is 358 g/mol. The van der Waals surface area contributed by atoms with Crippen LogP contribution in [0.5, 0.6) is 17.2 Å². The van der Waals surface area contributed by atoms with Crippen molar-refractivity contribution < 1.29 is 24.8 Å². The molecule has 1 aliphatic heterocycles. The zero-order valence-corrected chi connectivity index (χ0v) is 16.2. The summed E-state index contributed by atoms with van der Waals surface area (Å²) in [4.78, 5) is 1.54. The van der Waals surface area contributed by atoms with Gasteiger partial charge in [0.15, 0.2) is 17.5 Å². The van der Waals surface area contributed by atoms with Crippen molar-refractivity contribution in [3.05, 3.63) is 53.1 Å². The highest BCUT2D eigenvalue weighted by atomic mass is 16.5. The van der Waals surface area contributed by atoms with Crippen molar-refractivity contribution in [2.24, 2.45) is 0 Å². The van der Waals surface area contributed by atoms with Crippen LogP contribution < -0.4 is 24.8 Å². The molecule has 1 heterocycles. The minimum atomic E-state index is 0.292. The standard InChI is InChI=1S/C21H28N2O3/c1-14(22)21-18-12-20(26-4)19(25-3)11-16(18)9-10-23(21)13-15-5-7-17(24-2)8-6-15/h5-8,11-12,14,21H,9-10,13,22H2,1-4H3/p+2/t14-,21+/m0/s1. The summed E-state index contributed by atoms with van der Waals surface area (Å²) in [5.41, 5.74) is 8.36. The molecule has 0 spiro atoms. The highest BCUT2D eigenvalue weighted by molar-refractivity contribution is 5.49. The monoisotopic (exact) mass is 358 g/mol. The molecule has 3 atom stereocenters.